The van der Waals surface area contributed by atoms with Gasteiger partial charge in [0.1, 0.15) is 17.8 Å². The molecular formula is C25H24N6O2. The Morgan fingerprint density at radius 3 is 2.70 bits per heavy atom. The molecule has 0 bridgehead atoms. The van der Waals surface area contributed by atoms with E-state index in [9.17, 15) is 4.79 Å². The Kier molecular flexibility index (Phi) is 5.48. The van der Waals surface area contributed by atoms with E-state index in [1.807, 2.05) is 43.3 Å². The molecule has 0 aliphatic carbocycles. The first-order valence-electron chi connectivity index (χ1n) is 10.8. The molecule has 8 heteroatoms. The highest BCUT2D eigenvalue weighted by atomic mass is 16.3. The monoisotopic (exact) mass is 440 g/mol. The van der Waals surface area contributed by atoms with Crippen molar-refractivity contribution in [3.8, 4) is 11.3 Å². The Bertz CT molecular complexity index is 1300. The molecule has 0 radical (unpaired) electrons. The molecule has 1 aliphatic rings. The number of benzene rings is 2. The van der Waals surface area contributed by atoms with Gasteiger partial charge in [0.25, 0.3) is 0 Å². The molecule has 0 saturated heterocycles. The summed E-state index contributed by atoms with van der Waals surface area (Å²) < 4.78 is 6.11. The van der Waals surface area contributed by atoms with Gasteiger partial charge in [0.2, 0.25) is 17.8 Å². The number of nitrogens with zero attached hydrogens (tertiary/aromatic N) is 4. The van der Waals surface area contributed by atoms with Crippen molar-refractivity contribution in [2.45, 2.75) is 26.8 Å². The minimum Gasteiger partial charge on any atom is -0.461 e. The van der Waals surface area contributed by atoms with Crippen LogP contribution in [0.15, 0.2) is 65.3 Å². The molecule has 0 fully saturated rings. The predicted octanol–water partition coefficient (Wildman–Crippen LogP) is 4.70. The van der Waals surface area contributed by atoms with Crippen molar-refractivity contribution in [1.82, 2.24) is 15.0 Å². The second kappa shape index (κ2) is 8.74. The van der Waals surface area contributed by atoms with Gasteiger partial charge in [-0.3, -0.25) is 4.79 Å². The van der Waals surface area contributed by atoms with E-state index in [2.05, 4.69) is 48.7 Å². The summed E-state index contributed by atoms with van der Waals surface area (Å²) in [6, 6.07) is 17.9. The Labute approximate surface area is 191 Å². The van der Waals surface area contributed by atoms with Crippen LogP contribution in [-0.4, -0.2) is 27.4 Å². The second-order valence-corrected chi connectivity index (χ2v) is 7.99. The first kappa shape index (κ1) is 20.7. The molecule has 5 rings (SSSR count). The Hall–Kier alpha value is -4.20. The van der Waals surface area contributed by atoms with Crippen LogP contribution in [0.3, 0.4) is 0 Å². The van der Waals surface area contributed by atoms with Crippen molar-refractivity contribution in [3.63, 3.8) is 0 Å². The Balaban J connectivity index is 1.35. The Morgan fingerprint density at radius 2 is 1.88 bits per heavy atom. The molecule has 3 heterocycles. The number of anilines is 4. The fraction of sp³-hybridized carbons (Fsp3) is 0.200. The van der Waals surface area contributed by atoms with Gasteiger partial charge >= 0.3 is 0 Å². The average molecular weight is 441 g/mol. The van der Waals surface area contributed by atoms with Crippen LogP contribution < -0.4 is 15.5 Å². The number of fused-ring (bicyclic) bond motifs is 1. The molecule has 1 aliphatic heterocycles. The normalized spacial score (nSPS) is 12.8. The number of rotatable bonds is 5. The van der Waals surface area contributed by atoms with Crippen molar-refractivity contribution >= 4 is 29.2 Å². The lowest BCUT2D eigenvalue weighted by Gasteiger charge is -2.26. The van der Waals surface area contributed by atoms with Gasteiger partial charge in [0, 0.05) is 48.9 Å². The molecule has 1 amide bonds. The molecule has 2 N–H and O–H groups in total. The van der Waals surface area contributed by atoms with E-state index >= 15 is 0 Å². The second-order valence-electron chi connectivity index (χ2n) is 7.99. The summed E-state index contributed by atoms with van der Waals surface area (Å²) in [7, 11) is 0. The largest absolute Gasteiger partial charge is 0.461 e. The number of furan rings is 1. The topological polar surface area (TPSA) is 96.2 Å². The predicted molar refractivity (Wildman–Crippen MR) is 127 cm³/mol. The minimum atomic E-state index is -0.114. The maximum Gasteiger partial charge on any atom is 0.232 e. The van der Waals surface area contributed by atoms with Crippen LogP contribution >= 0.6 is 0 Å². The molecule has 0 unspecified atom stereocenters. The van der Waals surface area contributed by atoms with Gasteiger partial charge in [-0.25, -0.2) is 9.97 Å². The fourth-order valence-corrected chi connectivity index (χ4v) is 3.97. The van der Waals surface area contributed by atoms with E-state index in [1.54, 1.807) is 0 Å². The number of carbonyl (C=O) groups excluding carboxylic acids is 1. The lowest BCUT2D eigenvalue weighted by atomic mass is 10.1. The van der Waals surface area contributed by atoms with E-state index in [0.717, 1.165) is 52.6 Å². The number of nitrogens with one attached hydrogen (secondary N) is 2. The maximum atomic E-state index is 11.4. The number of amides is 1. The van der Waals surface area contributed by atoms with E-state index in [-0.39, 0.29) is 5.91 Å². The quantitative estimate of drug-likeness (QED) is 0.464. The standard InChI is InChI=1S/C25H24N6O2/c1-16-20(28-17(2)32)9-6-10-21(16)29-24-26-15-27-25(30-24)31-12-11-22-19(14-31)13-23(33-22)18-7-4-3-5-8-18/h3-10,13,15H,11-12,14H2,1-2H3,(H,28,32)(H,26,27,29,30). The third-order valence-corrected chi connectivity index (χ3v) is 5.66. The van der Waals surface area contributed by atoms with Crippen molar-refractivity contribution in [1.29, 1.82) is 0 Å². The SMILES string of the molecule is CC(=O)Nc1cccc(Nc2ncnc(N3CCc4oc(-c5ccccc5)cc4C3)n2)c1C. The van der Waals surface area contributed by atoms with E-state index in [4.69, 9.17) is 4.42 Å². The van der Waals surface area contributed by atoms with Gasteiger partial charge in [-0.15, -0.1) is 0 Å². The zero-order valence-electron chi connectivity index (χ0n) is 18.5. The molecule has 166 valence electrons. The number of hydrogen-bond donors (Lipinski definition) is 2. The molecule has 0 spiro atoms. The van der Waals surface area contributed by atoms with Crippen molar-refractivity contribution in [2.24, 2.45) is 0 Å². The summed E-state index contributed by atoms with van der Waals surface area (Å²) in [4.78, 5) is 26.9. The van der Waals surface area contributed by atoms with Crippen LogP contribution in [0.1, 0.15) is 23.8 Å². The first-order valence-corrected chi connectivity index (χ1v) is 10.8. The third-order valence-electron chi connectivity index (χ3n) is 5.66. The summed E-state index contributed by atoms with van der Waals surface area (Å²) in [6.07, 6.45) is 2.30. The molecule has 0 atom stereocenters. The molecular weight excluding hydrogens is 416 g/mol. The molecule has 2 aromatic carbocycles. The van der Waals surface area contributed by atoms with Gasteiger partial charge in [0.15, 0.2) is 0 Å². The number of carbonyl (C=O) groups is 1. The third kappa shape index (κ3) is 4.41. The summed E-state index contributed by atoms with van der Waals surface area (Å²) in [5.41, 5.74) is 4.70. The van der Waals surface area contributed by atoms with Crippen LogP contribution in [0.2, 0.25) is 0 Å². The first-order chi connectivity index (χ1) is 16.1. The summed E-state index contributed by atoms with van der Waals surface area (Å²) in [6.45, 7) is 4.86. The smallest absolute Gasteiger partial charge is 0.232 e. The van der Waals surface area contributed by atoms with Crippen LogP contribution in [0, 0.1) is 6.92 Å². The molecule has 2 aromatic heterocycles. The van der Waals surface area contributed by atoms with Gasteiger partial charge in [-0.05, 0) is 30.7 Å². The van der Waals surface area contributed by atoms with Crippen molar-refractivity contribution < 1.29 is 9.21 Å². The lowest BCUT2D eigenvalue weighted by Crippen LogP contribution is -2.31. The molecule has 4 aromatic rings. The van der Waals surface area contributed by atoms with E-state index in [1.165, 1.54) is 13.3 Å². The zero-order chi connectivity index (χ0) is 22.8. The maximum absolute atomic E-state index is 11.4. The zero-order valence-corrected chi connectivity index (χ0v) is 18.5. The average Bonchev–Trinajstić information content (AvgIpc) is 3.26. The van der Waals surface area contributed by atoms with Gasteiger partial charge in [-0.1, -0.05) is 36.4 Å². The highest BCUT2D eigenvalue weighted by Gasteiger charge is 2.23. The summed E-state index contributed by atoms with van der Waals surface area (Å²) >= 11 is 0. The minimum absolute atomic E-state index is 0.114. The molecule has 33 heavy (non-hydrogen) atoms. The van der Waals surface area contributed by atoms with Crippen LogP contribution in [0.4, 0.5) is 23.3 Å². The Morgan fingerprint density at radius 1 is 1.06 bits per heavy atom. The van der Waals surface area contributed by atoms with Gasteiger partial charge in [0.05, 0.1) is 0 Å². The van der Waals surface area contributed by atoms with E-state index < -0.39 is 0 Å². The number of aromatic nitrogens is 3. The fourth-order valence-electron chi connectivity index (χ4n) is 3.97. The van der Waals surface area contributed by atoms with Gasteiger partial charge in [-0.2, -0.15) is 4.98 Å². The molecule has 8 nitrogen and oxygen atoms in total. The summed E-state index contributed by atoms with van der Waals surface area (Å²) in [5.74, 6) is 2.84. The highest BCUT2D eigenvalue weighted by molar-refractivity contribution is 5.90. The number of hydrogen-bond acceptors (Lipinski definition) is 7. The highest BCUT2D eigenvalue weighted by Crippen LogP contribution is 2.31. The molecule has 0 saturated carbocycles. The lowest BCUT2D eigenvalue weighted by molar-refractivity contribution is -0.114. The van der Waals surface area contributed by atoms with Crippen molar-refractivity contribution in [2.75, 3.05) is 22.1 Å². The van der Waals surface area contributed by atoms with Crippen LogP contribution in [0.25, 0.3) is 11.3 Å². The van der Waals surface area contributed by atoms with Gasteiger partial charge < -0.3 is 20.0 Å². The van der Waals surface area contributed by atoms with Crippen LogP contribution in [-0.2, 0) is 17.8 Å². The summed E-state index contributed by atoms with van der Waals surface area (Å²) in [5, 5.41) is 6.09. The van der Waals surface area contributed by atoms with Crippen molar-refractivity contribution in [3.05, 3.63) is 77.8 Å². The van der Waals surface area contributed by atoms with Crippen LogP contribution in [0.5, 0.6) is 0 Å². The van der Waals surface area contributed by atoms with E-state index in [0.29, 0.717) is 18.4 Å².